The van der Waals surface area contributed by atoms with Gasteiger partial charge in [-0.3, -0.25) is 9.59 Å². The van der Waals surface area contributed by atoms with E-state index in [4.69, 9.17) is 10.5 Å². The quantitative estimate of drug-likeness (QED) is 0.365. The molecular formula is C10H7F3N2O6. The summed E-state index contributed by atoms with van der Waals surface area (Å²) in [5.41, 5.74) is 0. The maximum atomic E-state index is 11.8. The molecule has 21 heavy (non-hydrogen) atoms. The van der Waals surface area contributed by atoms with E-state index in [1.54, 1.807) is 0 Å². The largest absolute Gasteiger partial charge is 0.452 e. The molecule has 2 unspecified atom stereocenters. The van der Waals surface area contributed by atoms with Crippen LogP contribution in [0.4, 0.5) is 13.2 Å². The highest BCUT2D eigenvalue weighted by Crippen LogP contribution is 2.15. The second kappa shape index (κ2) is 8.37. The number of alkyl halides is 3. The lowest BCUT2D eigenvalue weighted by atomic mass is 10.3. The highest BCUT2D eigenvalue weighted by molar-refractivity contribution is 5.82. The summed E-state index contributed by atoms with van der Waals surface area (Å²) < 4.78 is 47.5. The molecule has 114 valence electrons. The maximum absolute atomic E-state index is 11.8. The van der Waals surface area contributed by atoms with Crippen LogP contribution in [0.3, 0.4) is 0 Å². The topological polar surface area (TPSA) is 126 Å². The summed E-state index contributed by atoms with van der Waals surface area (Å²) in [6.07, 6.45) is -9.35. The van der Waals surface area contributed by atoms with Crippen LogP contribution in [-0.4, -0.2) is 43.4 Å². The first-order chi connectivity index (χ1) is 9.73. The number of nitrogens with zero attached hydrogens (tertiary/aromatic N) is 2. The van der Waals surface area contributed by atoms with E-state index in [-0.39, 0.29) is 6.47 Å². The zero-order chi connectivity index (χ0) is 16.5. The third kappa shape index (κ3) is 8.05. The summed E-state index contributed by atoms with van der Waals surface area (Å²) in [6.45, 7) is -2.06. The fraction of sp³-hybridized carbons (Fsp3) is 0.500. The van der Waals surface area contributed by atoms with Gasteiger partial charge in [0.2, 0.25) is 0 Å². The van der Waals surface area contributed by atoms with Crippen molar-refractivity contribution >= 4 is 18.4 Å². The van der Waals surface area contributed by atoms with E-state index in [0.717, 1.165) is 6.07 Å². The first-order valence-corrected chi connectivity index (χ1v) is 5.04. The summed E-state index contributed by atoms with van der Waals surface area (Å²) >= 11 is 0. The molecule has 0 N–H and O–H groups in total. The van der Waals surface area contributed by atoms with Crippen LogP contribution >= 0.6 is 0 Å². The predicted molar refractivity (Wildman–Crippen MR) is 53.7 cm³/mol. The Kier molecular flexibility index (Phi) is 7.25. The van der Waals surface area contributed by atoms with Gasteiger partial charge in [0.05, 0.1) is 6.42 Å². The lowest BCUT2D eigenvalue weighted by Gasteiger charge is -2.12. The molecular weight excluding hydrogens is 301 g/mol. The summed E-state index contributed by atoms with van der Waals surface area (Å²) in [4.78, 5) is 32.2. The number of ether oxygens (including phenoxy) is 3. The van der Waals surface area contributed by atoms with Crippen molar-refractivity contribution in [3.8, 4) is 12.1 Å². The molecule has 0 aliphatic carbocycles. The summed E-state index contributed by atoms with van der Waals surface area (Å²) in [5, 5.41) is 17.0. The normalized spacial score (nSPS) is 13.0. The fourth-order valence-electron chi connectivity index (χ4n) is 0.878. The van der Waals surface area contributed by atoms with E-state index in [1.165, 1.54) is 6.07 Å². The van der Waals surface area contributed by atoms with Crippen LogP contribution < -0.4 is 0 Å². The van der Waals surface area contributed by atoms with Crippen molar-refractivity contribution in [3.63, 3.8) is 0 Å². The number of halogens is 3. The van der Waals surface area contributed by atoms with Crippen molar-refractivity contribution in [2.75, 3.05) is 6.61 Å². The van der Waals surface area contributed by atoms with Gasteiger partial charge in [0.1, 0.15) is 12.1 Å². The summed E-state index contributed by atoms with van der Waals surface area (Å²) in [6, 6.07) is 2.51. The third-order valence-corrected chi connectivity index (χ3v) is 1.67. The average molecular weight is 308 g/mol. The number of esters is 2. The molecule has 0 aromatic carbocycles. The molecule has 0 saturated heterocycles. The van der Waals surface area contributed by atoms with Crippen LogP contribution in [0.25, 0.3) is 0 Å². The number of carbonyl (C=O) groups is 3. The molecule has 0 fully saturated rings. The van der Waals surface area contributed by atoms with E-state index < -0.39 is 43.4 Å². The highest BCUT2D eigenvalue weighted by atomic mass is 19.4. The predicted octanol–water partition coefficient (Wildman–Crippen LogP) is -0.0174. The van der Waals surface area contributed by atoms with Crippen molar-refractivity contribution in [2.24, 2.45) is 0 Å². The Labute approximate surface area is 115 Å². The minimum atomic E-state index is -4.80. The summed E-state index contributed by atoms with van der Waals surface area (Å²) in [7, 11) is 0. The molecule has 0 radical (unpaired) electrons. The van der Waals surface area contributed by atoms with E-state index >= 15 is 0 Å². The zero-order valence-electron chi connectivity index (χ0n) is 10.1. The Morgan fingerprint density at radius 2 is 1.86 bits per heavy atom. The smallest absolute Gasteiger partial charge is 0.422 e. The standard InChI is InChI=1S/C10H7F3N2O6/c11-10(12,13)4-19-9(18)7(3-15)21-8(17)1-6(2-14)20-5-16/h5-7H,1,4H2. The Bertz CT molecular complexity index is 479. The number of hydrogen-bond donors (Lipinski definition) is 0. The van der Waals surface area contributed by atoms with Crippen LogP contribution in [0, 0.1) is 22.7 Å². The molecule has 0 aromatic heterocycles. The van der Waals surface area contributed by atoms with Crippen molar-refractivity contribution in [2.45, 2.75) is 24.8 Å². The highest BCUT2D eigenvalue weighted by Gasteiger charge is 2.33. The minimum absolute atomic E-state index is 0.111. The molecule has 0 bridgehead atoms. The lowest BCUT2D eigenvalue weighted by Crippen LogP contribution is -2.32. The van der Waals surface area contributed by atoms with Crippen LogP contribution in [0.5, 0.6) is 0 Å². The monoisotopic (exact) mass is 308 g/mol. The third-order valence-electron chi connectivity index (χ3n) is 1.67. The van der Waals surface area contributed by atoms with Crippen molar-refractivity contribution in [1.82, 2.24) is 0 Å². The van der Waals surface area contributed by atoms with Gasteiger partial charge in [0, 0.05) is 0 Å². The van der Waals surface area contributed by atoms with Crippen molar-refractivity contribution < 1.29 is 41.8 Å². The maximum Gasteiger partial charge on any atom is 0.422 e. The molecule has 11 heteroatoms. The summed E-state index contributed by atoms with van der Waals surface area (Å²) in [5.74, 6) is -3.02. The Balaban J connectivity index is 4.47. The van der Waals surface area contributed by atoms with Crippen LogP contribution in [0.2, 0.25) is 0 Å². The van der Waals surface area contributed by atoms with Crippen LogP contribution in [0.1, 0.15) is 6.42 Å². The van der Waals surface area contributed by atoms with Gasteiger partial charge in [-0.15, -0.1) is 0 Å². The average Bonchev–Trinajstić information content (AvgIpc) is 2.40. The molecule has 0 heterocycles. The molecule has 0 saturated carbocycles. The van der Waals surface area contributed by atoms with Gasteiger partial charge in [-0.2, -0.15) is 23.7 Å². The van der Waals surface area contributed by atoms with Gasteiger partial charge in [-0.25, -0.2) is 4.79 Å². The van der Waals surface area contributed by atoms with Gasteiger partial charge in [0.15, 0.2) is 12.7 Å². The second-order valence-electron chi connectivity index (χ2n) is 3.28. The molecule has 0 spiro atoms. The SMILES string of the molecule is N#CC(CC(=O)OC(C#N)C(=O)OCC(F)(F)F)OC=O. The molecule has 2 atom stereocenters. The van der Waals surface area contributed by atoms with Crippen LogP contribution in [-0.2, 0) is 28.6 Å². The number of carbonyl (C=O) groups excluding carboxylic acids is 3. The number of nitriles is 2. The first kappa shape index (κ1) is 18.2. The van der Waals surface area contributed by atoms with Gasteiger partial charge in [-0.1, -0.05) is 0 Å². The van der Waals surface area contributed by atoms with Gasteiger partial charge in [-0.05, 0) is 0 Å². The molecule has 0 aromatic rings. The minimum Gasteiger partial charge on any atom is -0.452 e. The number of rotatable bonds is 7. The zero-order valence-corrected chi connectivity index (χ0v) is 10.1. The van der Waals surface area contributed by atoms with E-state index in [0.29, 0.717) is 0 Å². The van der Waals surface area contributed by atoms with E-state index in [9.17, 15) is 27.6 Å². The fourth-order valence-corrected chi connectivity index (χ4v) is 0.878. The van der Waals surface area contributed by atoms with Crippen LogP contribution in [0.15, 0.2) is 0 Å². The molecule has 0 aliphatic rings. The first-order valence-electron chi connectivity index (χ1n) is 5.04. The lowest BCUT2D eigenvalue weighted by molar-refractivity contribution is -0.192. The Morgan fingerprint density at radius 3 is 2.29 bits per heavy atom. The molecule has 0 amide bonds. The van der Waals surface area contributed by atoms with Crippen molar-refractivity contribution in [3.05, 3.63) is 0 Å². The van der Waals surface area contributed by atoms with Gasteiger partial charge < -0.3 is 14.2 Å². The molecule has 0 aliphatic heterocycles. The van der Waals surface area contributed by atoms with E-state index in [2.05, 4.69) is 14.2 Å². The van der Waals surface area contributed by atoms with Gasteiger partial charge in [0.25, 0.3) is 12.6 Å². The van der Waals surface area contributed by atoms with E-state index in [1.807, 2.05) is 0 Å². The Hall–Kier alpha value is -2.82. The molecule has 8 nitrogen and oxygen atoms in total. The second-order valence-corrected chi connectivity index (χ2v) is 3.28. The Morgan fingerprint density at radius 1 is 1.24 bits per heavy atom. The van der Waals surface area contributed by atoms with Crippen molar-refractivity contribution in [1.29, 1.82) is 10.5 Å². The number of hydrogen-bond acceptors (Lipinski definition) is 8. The molecule has 0 rings (SSSR count). The van der Waals surface area contributed by atoms with Gasteiger partial charge >= 0.3 is 18.1 Å².